The van der Waals surface area contributed by atoms with Crippen LogP contribution in [-0.4, -0.2) is 27.4 Å². The normalized spacial score (nSPS) is 11.6. The fourth-order valence-corrected chi connectivity index (χ4v) is 2.30. The number of nitrogens with zero attached hydrogens (tertiary/aromatic N) is 5. The fraction of sp³-hybridized carbons (Fsp3) is 0.389. The van der Waals surface area contributed by atoms with Crippen molar-refractivity contribution in [1.29, 1.82) is 5.26 Å². The number of nitriles is 1. The highest BCUT2D eigenvalue weighted by molar-refractivity contribution is 5.80. The summed E-state index contributed by atoms with van der Waals surface area (Å²) in [5.41, 5.74) is 1.57. The molecule has 0 radical (unpaired) electrons. The molecule has 0 atom stereocenters. The largest absolute Gasteiger partial charge is 0.433 e. The van der Waals surface area contributed by atoms with Crippen LogP contribution in [0, 0.1) is 16.7 Å². The minimum absolute atomic E-state index is 0.0171. The molecule has 2 rings (SSSR count). The Labute approximate surface area is 160 Å². The first kappa shape index (κ1) is 21.1. The van der Waals surface area contributed by atoms with Gasteiger partial charge in [0, 0.05) is 25.0 Å². The number of rotatable bonds is 5. The molecule has 0 bridgehead atoms. The third-order valence-electron chi connectivity index (χ3n) is 3.36. The van der Waals surface area contributed by atoms with Crippen molar-refractivity contribution in [3.8, 4) is 6.07 Å². The highest BCUT2D eigenvalue weighted by atomic mass is 19.4. The Morgan fingerprint density at radius 2 is 2.00 bits per heavy atom. The highest BCUT2D eigenvalue weighted by Crippen LogP contribution is 2.30. The number of amides is 1. The molecule has 148 valence electrons. The summed E-state index contributed by atoms with van der Waals surface area (Å²) in [6.45, 7) is 5.71. The first-order valence-corrected chi connectivity index (χ1v) is 8.30. The van der Waals surface area contributed by atoms with Crippen LogP contribution in [-0.2, 0) is 17.4 Å². The van der Waals surface area contributed by atoms with Gasteiger partial charge in [0.05, 0.1) is 6.42 Å². The number of anilines is 1. The van der Waals surface area contributed by atoms with Crippen LogP contribution in [0.3, 0.4) is 0 Å². The Balaban J connectivity index is 2.35. The van der Waals surface area contributed by atoms with Crippen LogP contribution in [0.2, 0.25) is 0 Å². The van der Waals surface area contributed by atoms with Gasteiger partial charge in [-0.25, -0.2) is 4.98 Å². The molecule has 0 unspecified atom stereocenters. The van der Waals surface area contributed by atoms with E-state index in [1.54, 1.807) is 18.3 Å². The van der Waals surface area contributed by atoms with Crippen LogP contribution in [0.5, 0.6) is 0 Å². The third kappa shape index (κ3) is 6.19. The molecule has 2 heterocycles. The molecule has 0 aliphatic heterocycles. The number of alkyl halides is 3. The molecule has 0 aliphatic carbocycles. The molecule has 28 heavy (non-hydrogen) atoms. The first-order valence-electron chi connectivity index (χ1n) is 8.30. The maximum Gasteiger partial charge on any atom is 0.433 e. The molecule has 0 saturated heterocycles. The Morgan fingerprint density at radius 1 is 1.29 bits per heavy atom. The zero-order valence-electron chi connectivity index (χ0n) is 15.6. The van der Waals surface area contributed by atoms with E-state index in [4.69, 9.17) is 5.26 Å². The van der Waals surface area contributed by atoms with E-state index in [-0.39, 0.29) is 18.8 Å². The zero-order chi connectivity index (χ0) is 20.9. The van der Waals surface area contributed by atoms with Crippen molar-refractivity contribution in [1.82, 2.24) is 20.4 Å². The van der Waals surface area contributed by atoms with E-state index in [0.717, 1.165) is 0 Å². The van der Waals surface area contributed by atoms with Crippen molar-refractivity contribution in [2.24, 2.45) is 5.41 Å². The topological polar surface area (TPSA) is 94.8 Å². The third-order valence-corrected chi connectivity index (χ3v) is 3.36. The van der Waals surface area contributed by atoms with Crippen LogP contribution in [0.4, 0.5) is 19.0 Å². The van der Waals surface area contributed by atoms with Crippen molar-refractivity contribution >= 4 is 11.7 Å². The summed E-state index contributed by atoms with van der Waals surface area (Å²) in [5, 5.41) is 10.2. The van der Waals surface area contributed by atoms with Crippen molar-refractivity contribution < 1.29 is 18.0 Å². The van der Waals surface area contributed by atoms with Gasteiger partial charge in [-0.15, -0.1) is 0 Å². The molecule has 1 N–H and O–H groups in total. The smallest absolute Gasteiger partial charge is 0.273 e. The summed E-state index contributed by atoms with van der Waals surface area (Å²) in [6, 6.07) is 5.61. The van der Waals surface area contributed by atoms with Crippen LogP contribution < -0.4 is 10.4 Å². The van der Waals surface area contributed by atoms with Crippen LogP contribution in [0.1, 0.15) is 37.9 Å². The van der Waals surface area contributed by atoms with Crippen LogP contribution >= 0.6 is 0 Å². The van der Waals surface area contributed by atoms with Gasteiger partial charge in [-0.3, -0.25) is 20.2 Å². The quantitative estimate of drug-likeness (QED) is 0.787. The van der Waals surface area contributed by atoms with Gasteiger partial charge < -0.3 is 0 Å². The lowest BCUT2D eigenvalue weighted by molar-refractivity contribution is -0.141. The number of nitrogens with one attached hydrogen (secondary N) is 1. The average molecular weight is 392 g/mol. The van der Waals surface area contributed by atoms with Gasteiger partial charge in [0.2, 0.25) is 11.7 Å². The molecule has 0 aromatic carbocycles. The summed E-state index contributed by atoms with van der Waals surface area (Å²) in [4.78, 5) is 23.4. The van der Waals surface area contributed by atoms with E-state index in [9.17, 15) is 18.0 Å². The lowest BCUT2D eigenvalue weighted by Gasteiger charge is -2.31. The van der Waals surface area contributed by atoms with E-state index in [0.29, 0.717) is 11.6 Å². The van der Waals surface area contributed by atoms with Gasteiger partial charge in [-0.1, -0.05) is 26.8 Å². The second-order valence-corrected chi connectivity index (χ2v) is 7.26. The summed E-state index contributed by atoms with van der Waals surface area (Å²) < 4.78 is 39.4. The van der Waals surface area contributed by atoms with Gasteiger partial charge in [0.1, 0.15) is 6.07 Å². The SMILES string of the molecule is CC(C)(C)CN(NC(=O)Cc1cccnc1)c1cc(C(F)(F)F)nc(C#N)n1. The van der Waals surface area contributed by atoms with Gasteiger partial charge >= 0.3 is 6.18 Å². The number of hydrogen-bond donors (Lipinski definition) is 1. The first-order chi connectivity index (χ1) is 13.0. The Morgan fingerprint density at radius 3 is 2.54 bits per heavy atom. The van der Waals surface area contributed by atoms with Gasteiger partial charge in [-0.05, 0) is 17.0 Å². The average Bonchev–Trinajstić information content (AvgIpc) is 2.59. The molecule has 0 aliphatic rings. The molecule has 0 fully saturated rings. The number of hydrazine groups is 1. The minimum atomic E-state index is -4.75. The van der Waals surface area contributed by atoms with Crippen molar-refractivity contribution in [3.05, 3.63) is 47.7 Å². The summed E-state index contributed by atoms with van der Waals surface area (Å²) in [6.07, 6.45) is -1.68. The summed E-state index contributed by atoms with van der Waals surface area (Å²) in [7, 11) is 0. The molecule has 0 saturated carbocycles. The molecule has 0 spiro atoms. The predicted molar refractivity (Wildman–Crippen MR) is 94.6 cm³/mol. The van der Waals surface area contributed by atoms with E-state index in [2.05, 4.69) is 20.4 Å². The predicted octanol–water partition coefficient (Wildman–Crippen LogP) is 2.89. The molecule has 10 heteroatoms. The second kappa shape index (κ2) is 8.21. The van der Waals surface area contributed by atoms with Crippen LogP contribution in [0.15, 0.2) is 30.6 Å². The number of hydrogen-bond acceptors (Lipinski definition) is 6. The fourth-order valence-electron chi connectivity index (χ4n) is 2.30. The lowest BCUT2D eigenvalue weighted by atomic mass is 9.96. The summed E-state index contributed by atoms with van der Waals surface area (Å²) >= 11 is 0. The molecule has 2 aromatic rings. The minimum Gasteiger partial charge on any atom is -0.273 e. The van der Waals surface area contributed by atoms with E-state index >= 15 is 0 Å². The standard InChI is InChI=1S/C18H19F3N6O/c1-17(2,3)11-27(26-16(28)7-12-5-4-6-23-10-12)15-8-13(18(19,20)21)24-14(9-22)25-15/h4-6,8,10H,7,11H2,1-3H3,(H,26,28). The Kier molecular flexibility index (Phi) is 6.18. The number of carbonyl (C=O) groups excluding carboxylic acids is 1. The van der Waals surface area contributed by atoms with Crippen molar-refractivity contribution in [2.45, 2.75) is 33.4 Å². The molecule has 1 amide bonds. The van der Waals surface area contributed by atoms with E-state index < -0.39 is 29.0 Å². The second-order valence-electron chi connectivity index (χ2n) is 7.26. The Bertz CT molecular complexity index is 872. The number of halogens is 3. The Hall–Kier alpha value is -3.22. The number of carbonyl (C=O) groups is 1. The van der Waals surface area contributed by atoms with Crippen molar-refractivity contribution in [2.75, 3.05) is 11.6 Å². The van der Waals surface area contributed by atoms with Gasteiger partial charge in [0.15, 0.2) is 11.5 Å². The monoisotopic (exact) mass is 392 g/mol. The maximum absolute atomic E-state index is 13.1. The number of aromatic nitrogens is 3. The highest BCUT2D eigenvalue weighted by Gasteiger charge is 2.34. The number of pyridine rings is 1. The van der Waals surface area contributed by atoms with E-state index in [1.807, 2.05) is 20.8 Å². The lowest BCUT2D eigenvalue weighted by Crippen LogP contribution is -2.47. The van der Waals surface area contributed by atoms with Gasteiger partial charge in [-0.2, -0.15) is 23.4 Å². The molecular formula is C18H19F3N6O. The maximum atomic E-state index is 13.1. The molecule has 2 aromatic heterocycles. The van der Waals surface area contributed by atoms with Crippen LogP contribution in [0.25, 0.3) is 0 Å². The molecular weight excluding hydrogens is 373 g/mol. The molecule has 7 nitrogen and oxygen atoms in total. The van der Waals surface area contributed by atoms with Crippen molar-refractivity contribution in [3.63, 3.8) is 0 Å². The van der Waals surface area contributed by atoms with E-state index in [1.165, 1.54) is 17.3 Å². The van der Waals surface area contributed by atoms with Gasteiger partial charge in [0.25, 0.3) is 0 Å². The summed E-state index contributed by atoms with van der Waals surface area (Å²) in [5.74, 6) is -1.30. The zero-order valence-corrected chi connectivity index (χ0v) is 15.6.